The number of ether oxygens (including phenoxy) is 3. The summed E-state index contributed by atoms with van der Waals surface area (Å²) >= 11 is 0. The number of carboxylic acid groups (broad SMARTS) is 1. The summed E-state index contributed by atoms with van der Waals surface area (Å²) in [7, 11) is 3.53. The second-order valence-corrected chi connectivity index (χ2v) is 14.9. The van der Waals surface area contributed by atoms with Crippen LogP contribution in [0.15, 0.2) is 60.7 Å². The lowest BCUT2D eigenvalue weighted by Gasteiger charge is -2.26. The van der Waals surface area contributed by atoms with E-state index in [2.05, 4.69) is 17.0 Å². The number of benzene rings is 3. The number of rotatable bonds is 15. The largest absolute Gasteiger partial charge is 0.493 e. The minimum absolute atomic E-state index is 0.215. The van der Waals surface area contributed by atoms with Gasteiger partial charge in [-0.15, -0.1) is 0 Å². The molecule has 0 aliphatic carbocycles. The Morgan fingerprint density at radius 1 is 0.944 bits per heavy atom. The number of aliphatic hydroxyl groups is 1. The zero-order valence-electron chi connectivity index (χ0n) is 32.1. The molecule has 0 atom stereocenters. The molecule has 2 aromatic heterocycles. The SMILES string of the molecule is CN(CCCn1c(C(=O)O)c(CCCOc2cccc3ccccc23)c2cccc(-c3c(CCN4CCOCC4)nn(C)c3CO)c21)C(=O)OC(C)(C)C. The monoisotopic (exact) mass is 739 g/mol. The summed E-state index contributed by atoms with van der Waals surface area (Å²) in [6, 6.07) is 20.0. The molecule has 12 heteroatoms. The van der Waals surface area contributed by atoms with Crippen LogP contribution in [0.5, 0.6) is 5.75 Å². The highest BCUT2D eigenvalue weighted by Gasteiger charge is 2.28. The molecule has 1 aliphatic rings. The van der Waals surface area contributed by atoms with Crippen LogP contribution in [0.1, 0.15) is 61.1 Å². The van der Waals surface area contributed by atoms with Crippen molar-refractivity contribution in [2.24, 2.45) is 7.05 Å². The Morgan fingerprint density at radius 3 is 2.41 bits per heavy atom. The lowest BCUT2D eigenvalue weighted by Crippen LogP contribution is -2.37. The van der Waals surface area contributed by atoms with Crippen LogP contribution in [0.3, 0.4) is 0 Å². The molecule has 12 nitrogen and oxygen atoms in total. The number of hydrogen-bond acceptors (Lipinski definition) is 8. The van der Waals surface area contributed by atoms with E-state index in [4.69, 9.17) is 19.3 Å². The van der Waals surface area contributed by atoms with Gasteiger partial charge < -0.3 is 33.9 Å². The minimum atomic E-state index is -1.02. The van der Waals surface area contributed by atoms with E-state index in [-0.39, 0.29) is 12.3 Å². The van der Waals surface area contributed by atoms with Crippen molar-refractivity contribution in [3.05, 3.63) is 83.3 Å². The lowest BCUT2D eigenvalue weighted by atomic mass is 9.97. The second kappa shape index (κ2) is 17.0. The van der Waals surface area contributed by atoms with E-state index in [0.717, 1.165) is 69.4 Å². The van der Waals surface area contributed by atoms with E-state index in [9.17, 15) is 19.8 Å². The summed E-state index contributed by atoms with van der Waals surface area (Å²) in [4.78, 5) is 30.0. The van der Waals surface area contributed by atoms with Crippen molar-refractivity contribution in [1.82, 2.24) is 24.1 Å². The average molecular weight is 740 g/mol. The highest BCUT2D eigenvalue weighted by Crippen LogP contribution is 2.39. The molecule has 5 aromatic rings. The summed E-state index contributed by atoms with van der Waals surface area (Å²) in [6.07, 6.45) is 1.78. The summed E-state index contributed by atoms with van der Waals surface area (Å²) in [5.74, 6) is -0.230. The van der Waals surface area contributed by atoms with Gasteiger partial charge in [0, 0.05) is 75.1 Å². The van der Waals surface area contributed by atoms with E-state index < -0.39 is 17.7 Å². The number of hydrogen-bond donors (Lipinski definition) is 2. The maximum Gasteiger partial charge on any atom is 0.410 e. The molecule has 0 bridgehead atoms. The Morgan fingerprint density at radius 2 is 1.67 bits per heavy atom. The molecular formula is C42H53N5O7. The number of amides is 1. The summed E-state index contributed by atoms with van der Waals surface area (Å²) in [5.41, 5.74) is 4.24. The van der Waals surface area contributed by atoms with Gasteiger partial charge >= 0.3 is 12.1 Å². The van der Waals surface area contributed by atoms with Gasteiger partial charge in [0.05, 0.1) is 43.3 Å². The third-order valence-electron chi connectivity index (χ3n) is 9.97. The number of carbonyl (C=O) groups excluding carboxylic acids is 1. The Hall–Kier alpha value is -4.91. The zero-order valence-corrected chi connectivity index (χ0v) is 32.1. The van der Waals surface area contributed by atoms with Crippen molar-refractivity contribution in [2.75, 3.05) is 53.0 Å². The Balaban J connectivity index is 1.37. The molecular weight excluding hydrogens is 686 g/mol. The highest BCUT2D eigenvalue weighted by atomic mass is 16.6. The molecule has 1 saturated heterocycles. The number of para-hydroxylation sites is 1. The third-order valence-corrected chi connectivity index (χ3v) is 9.97. The molecule has 288 valence electrons. The number of carbonyl (C=O) groups is 2. The van der Waals surface area contributed by atoms with Crippen LogP contribution >= 0.6 is 0 Å². The van der Waals surface area contributed by atoms with Crippen LogP contribution in [-0.2, 0) is 42.5 Å². The highest BCUT2D eigenvalue weighted by molar-refractivity contribution is 6.04. The first kappa shape index (κ1) is 38.8. The predicted molar refractivity (Wildman–Crippen MR) is 209 cm³/mol. The van der Waals surface area contributed by atoms with Crippen LogP contribution in [0.25, 0.3) is 32.8 Å². The van der Waals surface area contributed by atoms with Crippen LogP contribution in [0.2, 0.25) is 0 Å². The number of morpholine rings is 1. The fourth-order valence-electron chi connectivity index (χ4n) is 7.43. The normalized spacial score (nSPS) is 13.8. The molecule has 1 aliphatic heterocycles. The van der Waals surface area contributed by atoms with Crippen LogP contribution in [-0.4, -0.2) is 105 Å². The fourth-order valence-corrected chi connectivity index (χ4v) is 7.43. The number of nitrogens with zero attached hydrogens (tertiary/aromatic N) is 5. The van der Waals surface area contributed by atoms with Gasteiger partial charge in [0.2, 0.25) is 0 Å². The van der Waals surface area contributed by atoms with Gasteiger partial charge in [0.25, 0.3) is 0 Å². The van der Waals surface area contributed by atoms with E-state index in [1.807, 2.05) is 80.9 Å². The number of aromatic nitrogens is 3. The maximum absolute atomic E-state index is 13.3. The van der Waals surface area contributed by atoms with Crippen LogP contribution in [0, 0.1) is 0 Å². The first-order chi connectivity index (χ1) is 26.0. The van der Waals surface area contributed by atoms with Crippen molar-refractivity contribution >= 4 is 33.7 Å². The van der Waals surface area contributed by atoms with E-state index >= 15 is 0 Å². The predicted octanol–water partition coefficient (Wildman–Crippen LogP) is 6.53. The number of aromatic carboxylic acids is 1. The summed E-state index contributed by atoms with van der Waals surface area (Å²) in [5, 5.41) is 29.4. The van der Waals surface area contributed by atoms with E-state index in [1.54, 1.807) is 11.7 Å². The number of aryl methyl sites for hydroxylation is 3. The molecule has 3 heterocycles. The van der Waals surface area contributed by atoms with Crippen LogP contribution in [0.4, 0.5) is 4.79 Å². The molecule has 1 fully saturated rings. The van der Waals surface area contributed by atoms with Crippen LogP contribution < -0.4 is 4.74 Å². The molecule has 1 amide bonds. The first-order valence-electron chi connectivity index (χ1n) is 18.8. The smallest absolute Gasteiger partial charge is 0.410 e. The topological polar surface area (TPSA) is 132 Å². The van der Waals surface area contributed by atoms with Crippen molar-refractivity contribution in [3.63, 3.8) is 0 Å². The van der Waals surface area contributed by atoms with Gasteiger partial charge in [-0.1, -0.05) is 54.6 Å². The molecule has 0 spiro atoms. The molecule has 2 N–H and O–H groups in total. The quantitative estimate of drug-likeness (QED) is 0.115. The first-order valence-corrected chi connectivity index (χ1v) is 18.8. The van der Waals surface area contributed by atoms with Gasteiger partial charge in [0.1, 0.15) is 17.0 Å². The Bertz CT molecular complexity index is 2090. The third kappa shape index (κ3) is 8.72. The maximum atomic E-state index is 13.3. The number of aliphatic hydroxyl groups excluding tert-OH is 1. The second-order valence-electron chi connectivity index (χ2n) is 14.9. The molecule has 0 radical (unpaired) electrons. The van der Waals surface area contributed by atoms with Gasteiger partial charge in [-0.3, -0.25) is 9.58 Å². The molecule has 6 rings (SSSR count). The number of fused-ring (bicyclic) bond motifs is 2. The molecule has 3 aromatic carbocycles. The minimum Gasteiger partial charge on any atom is -0.493 e. The summed E-state index contributed by atoms with van der Waals surface area (Å²) in [6.45, 7) is 10.2. The lowest BCUT2D eigenvalue weighted by molar-refractivity contribution is 0.0294. The summed E-state index contributed by atoms with van der Waals surface area (Å²) < 4.78 is 21.0. The standard InChI is InChI=1S/C42H53N5O7/c1-42(2,3)54-41(51)44(4)20-11-21-47-38-31(32(39(47)40(49)50)17-10-25-53-36-18-8-13-29-12-6-7-14-30(29)36)15-9-16-33(38)37-34(43-45(5)35(37)28-48)19-22-46-23-26-52-27-24-46/h6-9,12-16,18,48H,10-11,17,19-28H2,1-5H3,(H,49,50). The average Bonchev–Trinajstić information content (AvgIpc) is 3.65. The van der Waals surface area contributed by atoms with Gasteiger partial charge in [-0.25, -0.2) is 9.59 Å². The van der Waals surface area contributed by atoms with Gasteiger partial charge in [-0.05, 0) is 57.0 Å². The fraction of sp³-hybridized carbons (Fsp3) is 0.452. The van der Waals surface area contributed by atoms with Gasteiger partial charge in [0.15, 0.2) is 0 Å². The van der Waals surface area contributed by atoms with Crippen molar-refractivity contribution in [1.29, 1.82) is 0 Å². The molecule has 54 heavy (non-hydrogen) atoms. The zero-order chi connectivity index (χ0) is 38.4. The molecule has 0 saturated carbocycles. The van der Waals surface area contributed by atoms with Crippen molar-refractivity contribution < 1.29 is 34.0 Å². The van der Waals surface area contributed by atoms with E-state index in [0.29, 0.717) is 64.3 Å². The number of carboxylic acids is 1. The molecule has 0 unspecified atom stereocenters. The van der Waals surface area contributed by atoms with E-state index in [1.165, 1.54) is 4.90 Å². The Kier molecular flexibility index (Phi) is 12.3. The van der Waals surface area contributed by atoms with Crippen molar-refractivity contribution in [2.45, 2.75) is 65.2 Å². The van der Waals surface area contributed by atoms with Gasteiger partial charge in [-0.2, -0.15) is 5.10 Å². The van der Waals surface area contributed by atoms with Crippen molar-refractivity contribution in [3.8, 4) is 16.9 Å². The Labute approximate surface area is 316 Å².